The van der Waals surface area contributed by atoms with Crippen LogP contribution in [0.4, 0.5) is 0 Å². The van der Waals surface area contributed by atoms with E-state index in [1.807, 2.05) is 6.92 Å². The molecule has 1 aliphatic heterocycles. The molecular formula is C17H30N3O2+. The standard InChI is InChI=1S/C17H29N3O2/c1-3-4-5-6-7-8-9-10-11-16-19-12-13-20(16,15(2)18)14-17(21)22/h6-7,12-13,15H,3-5,8-11,14,18H2,1-2H3/p+1/b7-6+. The minimum atomic E-state index is -0.851. The lowest BCUT2D eigenvalue weighted by Crippen LogP contribution is -2.59. The van der Waals surface area contributed by atoms with Crippen molar-refractivity contribution in [1.82, 2.24) is 0 Å². The summed E-state index contributed by atoms with van der Waals surface area (Å²) in [5.41, 5.74) is 6.04. The van der Waals surface area contributed by atoms with Gasteiger partial charge in [-0.25, -0.2) is 14.3 Å². The number of nitrogens with zero attached hydrogens (tertiary/aromatic N) is 2. The molecule has 5 nitrogen and oxygen atoms in total. The highest BCUT2D eigenvalue weighted by Gasteiger charge is 2.40. The number of aliphatic imine (C=N–C) groups is 1. The average Bonchev–Trinajstić information content (AvgIpc) is 2.85. The van der Waals surface area contributed by atoms with Crippen molar-refractivity contribution in [3.63, 3.8) is 0 Å². The second kappa shape index (κ2) is 9.54. The number of rotatable bonds is 11. The maximum Gasteiger partial charge on any atom is 0.360 e. The Balaban J connectivity index is 2.41. The Kier molecular flexibility index (Phi) is 8.06. The van der Waals surface area contributed by atoms with Crippen LogP contribution in [0.3, 0.4) is 0 Å². The summed E-state index contributed by atoms with van der Waals surface area (Å²) in [7, 11) is 0. The zero-order valence-electron chi connectivity index (χ0n) is 13.9. The number of carboxylic acids is 1. The van der Waals surface area contributed by atoms with Gasteiger partial charge >= 0.3 is 5.97 Å². The topological polar surface area (TPSA) is 75.7 Å². The zero-order valence-corrected chi connectivity index (χ0v) is 13.9. The molecule has 1 rings (SSSR count). The lowest BCUT2D eigenvalue weighted by Gasteiger charge is -2.34. The van der Waals surface area contributed by atoms with Gasteiger partial charge in [0, 0.05) is 13.3 Å². The molecule has 0 spiro atoms. The average molecular weight is 308 g/mol. The first-order valence-corrected chi connectivity index (χ1v) is 8.27. The van der Waals surface area contributed by atoms with Gasteiger partial charge in [0.15, 0.2) is 6.54 Å². The van der Waals surface area contributed by atoms with E-state index < -0.39 is 5.97 Å². The lowest BCUT2D eigenvalue weighted by molar-refractivity contribution is -0.805. The first-order valence-electron chi connectivity index (χ1n) is 8.27. The monoisotopic (exact) mass is 308 g/mol. The van der Waals surface area contributed by atoms with E-state index in [4.69, 9.17) is 10.8 Å². The smallest absolute Gasteiger partial charge is 0.360 e. The first kappa shape index (κ1) is 18.6. The van der Waals surface area contributed by atoms with Gasteiger partial charge in [-0.2, -0.15) is 0 Å². The largest absolute Gasteiger partial charge is 0.477 e. The van der Waals surface area contributed by atoms with Crippen molar-refractivity contribution in [3.8, 4) is 0 Å². The summed E-state index contributed by atoms with van der Waals surface area (Å²) < 4.78 is 0.154. The molecule has 22 heavy (non-hydrogen) atoms. The van der Waals surface area contributed by atoms with Crippen molar-refractivity contribution >= 4 is 11.8 Å². The molecule has 0 fully saturated rings. The van der Waals surface area contributed by atoms with Crippen molar-refractivity contribution in [2.75, 3.05) is 6.54 Å². The van der Waals surface area contributed by atoms with Crippen LogP contribution in [-0.2, 0) is 4.79 Å². The summed E-state index contributed by atoms with van der Waals surface area (Å²) in [5.74, 6) is 0.0165. The van der Waals surface area contributed by atoms with Crippen LogP contribution in [0, 0.1) is 0 Å². The van der Waals surface area contributed by atoms with Gasteiger partial charge in [0.2, 0.25) is 5.84 Å². The quantitative estimate of drug-likeness (QED) is 0.349. The summed E-state index contributed by atoms with van der Waals surface area (Å²) >= 11 is 0. The van der Waals surface area contributed by atoms with E-state index >= 15 is 0 Å². The fraction of sp³-hybridized carbons (Fsp3) is 0.647. The molecule has 1 aliphatic rings. The molecule has 1 heterocycles. The van der Waals surface area contributed by atoms with Crippen LogP contribution in [0.15, 0.2) is 29.5 Å². The fourth-order valence-corrected chi connectivity index (χ4v) is 2.69. The third kappa shape index (κ3) is 5.39. The summed E-state index contributed by atoms with van der Waals surface area (Å²) in [6.07, 6.45) is 15.3. The van der Waals surface area contributed by atoms with E-state index in [1.54, 1.807) is 12.4 Å². The van der Waals surface area contributed by atoms with Crippen molar-refractivity contribution in [2.45, 2.75) is 65.0 Å². The molecule has 0 saturated heterocycles. The van der Waals surface area contributed by atoms with E-state index in [9.17, 15) is 4.79 Å². The number of hydrogen-bond acceptors (Lipinski definition) is 3. The summed E-state index contributed by atoms with van der Waals surface area (Å²) in [5, 5.41) is 9.15. The van der Waals surface area contributed by atoms with Crippen molar-refractivity contribution in [2.24, 2.45) is 10.7 Å². The SMILES string of the molecule is CCCC/C=C/CCCCC1=NC=C[N+]1(CC(=O)O)C(C)N. The number of unbranched alkanes of at least 4 members (excludes halogenated alkanes) is 4. The molecule has 124 valence electrons. The number of nitrogens with two attached hydrogens (primary N) is 1. The molecule has 0 aliphatic carbocycles. The Hall–Kier alpha value is -1.46. The van der Waals surface area contributed by atoms with Crippen LogP contribution in [0.2, 0.25) is 0 Å². The lowest BCUT2D eigenvalue weighted by atomic mass is 10.1. The number of quaternary nitrogens is 1. The Morgan fingerprint density at radius 3 is 2.64 bits per heavy atom. The molecule has 0 amide bonds. The van der Waals surface area contributed by atoms with Crippen LogP contribution in [-0.4, -0.2) is 34.1 Å². The molecule has 0 aromatic carbocycles. The predicted molar refractivity (Wildman–Crippen MR) is 90.1 cm³/mol. The molecule has 2 atom stereocenters. The molecule has 0 bridgehead atoms. The van der Waals surface area contributed by atoms with Gasteiger partial charge in [0.05, 0.1) is 6.20 Å². The van der Waals surface area contributed by atoms with Crippen LogP contribution >= 0.6 is 0 Å². The van der Waals surface area contributed by atoms with Crippen molar-refractivity contribution in [3.05, 3.63) is 24.6 Å². The Morgan fingerprint density at radius 1 is 1.36 bits per heavy atom. The zero-order chi connectivity index (χ0) is 16.4. The van der Waals surface area contributed by atoms with E-state index in [0.717, 1.165) is 37.9 Å². The normalized spacial score (nSPS) is 22.2. The van der Waals surface area contributed by atoms with Gasteiger partial charge in [0.25, 0.3) is 0 Å². The second-order valence-corrected chi connectivity index (χ2v) is 5.93. The van der Waals surface area contributed by atoms with Gasteiger partial charge in [-0.1, -0.05) is 31.9 Å². The number of carbonyl (C=O) groups is 1. The van der Waals surface area contributed by atoms with Crippen molar-refractivity contribution < 1.29 is 14.4 Å². The Bertz CT molecular complexity index is 441. The number of carboxylic acid groups (broad SMARTS) is 1. The highest BCUT2D eigenvalue weighted by atomic mass is 16.4. The fourth-order valence-electron chi connectivity index (χ4n) is 2.69. The molecule has 0 saturated carbocycles. The van der Waals surface area contributed by atoms with Crippen LogP contribution in [0.1, 0.15) is 58.8 Å². The summed E-state index contributed by atoms with van der Waals surface area (Å²) in [6.45, 7) is 4.00. The van der Waals surface area contributed by atoms with Gasteiger partial charge in [0.1, 0.15) is 12.4 Å². The molecule has 3 N–H and O–H groups in total. The third-order valence-electron chi connectivity index (χ3n) is 4.07. The highest BCUT2D eigenvalue weighted by Crippen LogP contribution is 2.23. The van der Waals surface area contributed by atoms with Gasteiger partial charge in [-0.05, 0) is 25.7 Å². The predicted octanol–water partition coefficient (Wildman–Crippen LogP) is 3.38. The molecule has 0 aromatic heterocycles. The number of aliphatic carboxylic acids is 1. The Labute approximate surface area is 133 Å². The molecule has 2 unspecified atom stereocenters. The number of hydrogen-bond donors (Lipinski definition) is 2. The molecule has 0 aromatic rings. The Morgan fingerprint density at radius 2 is 2.05 bits per heavy atom. The highest BCUT2D eigenvalue weighted by molar-refractivity contribution is 5.81. The van der Waals surface area contributed by atoms with Gasteiger partial charge < -0.3 is 5.11 Å². The molecule has 5 heteroatoms. The van der Waals surface area contributed by atoms with Gasteiger partial charge in [-0.3, -0.25) is 5.73 Å². The second-order valence-electron chi connectivity index (χ2n) is 5.93. The summed E-state index contributed by atoms with van der Waals surface area (Å²) in [6, 6.07) is 0. The number of amidine groups is 1. The van der Waals surface area contributed by atoms with E-state index in [1.165, 1.54) is 12.8 Å². The first-order chi connectivity index (χ1) is 10.5. The van der Waals surface area contributed by atoms with Gasteiger partial charge in [-0.15, -0.1) is 0 Å². The van der Waals surface area contributed by atoms with Crippen LogP contribution in [0.25, 0.3) is 0 Å². The third-order valence-corrected chi connectivity index (χ3v) is 4.07. The van der Waals surface area contributed by atoms with Crippen molar-refractivity contribution in [1.29, 1.82) is 0 Å². The van der Waals surface area contributed by atoms with Crippen LogP contribution in [0.5, 0.6) is 0 Å². The molecule has 0 radical (unpaired) electrons. The maximum atomic E-state index is 11.1. The maximum absolute atomic E-state index is 11.1. The minimum Gasteiger partial charge on any atom is -0.477 e. The molecular weight excluding hydrogens is 278 g/mol. The van der Waals surface area contributed by atoms with E-state index in [2.05, 4.69) is 24.1 Å². The number of allylic oxidation sites excluding steroid dienone is 2. The van der Waals surface area contributed by atoms with E-state index in [-0.39, 0.29) is 17.2 Å². The van der Waals surface area contributed by atoms with E-state index in [0.29, 0.717) is 0 Å². The summed E-state index contributed by atoms with van der Waals surface area (Å²) in [4.78, 5) is 15.5. The van der Waals surface area contributed by atoms with Crippen LogP contribution < -0.4 is 5.73 Å². The minimum absolute atomic E-state index is 0.0378.